The van der Waals surface area contributed by atoms with Gasteiger partial charge in [0.25, 0.3) is 0 Å². The SMILES string of the molecule is COc1cc(CN2CCCC2c2cc(C(C)C)no2)cc(OC)c1O. The van der Waals surface area contributed by atoms with E-state index in [4.69, 9.17) is 14.0 Å². The Morgan fingerprint density at radius 1 is 1.24 bits per heavy atom. The topological polar surface area (TPSA) is 68.0 Å². The minimum Gasteiger partial charge on any atom is -0.502 e. The molecule has 0 saturated carbocycles. The summed E-state index contributed by atoms with van der Waals surface area (Å²) in [6, 6.07) is 6.01. The number of benzene rings is 1. The van der Waals surface area contributed by atoms with Crippen molar-refractivity contribution in [3.05, 3.63) is 35.2 Å². The molecule has 3 rings (SSSR count). The van der Waals surface area contributed by atoms with Gasteiger partial charge in [-0.05, 0) is 43.0 Å². The molecule has 2 heterocycles. The molecule has 1 aromatic heterocycles. The van der Waals surface area contributed by atoms with Crippen LogP contribution in [0.1, 0.15) is 55.7 Å². The highest BCUT2D eigenvalue weighted by atomic mass is 16.5. The molecule has 0 aliphatic carbocycles. The van der Waals surface area contributed by atoms with Crippen molar-refractivity contribution in [1.29, 1.82) is 0 Å². The molecule has 1 aliphatic heterocycles. The molecule has 6 heteroatoms. The Morgan fingerprint density at radius 2 is 1.92 bits per heavy atom. The quantitative estimate of drug-likeness (QED) is 0.857. The Morgan fingerprint density at radius 3 is 2.48 bits per heavy atom. The first-order chi connectivity index (χ1) is 12.0. The average molecular weight is 346 g/mol. The maximum absolute atomic E-state index is 10.1. The lowest BCUT2D eigenvalue weighted by Crippen LogP contribution is -2.22. The molecule has 2 aromatic rings. The van der Waals surface area contributed by atoms with E-state index in [0.29, 0.717) is 17.4 Å². The maximum Gasteiger partial charge on any atom is 0.200 e. The lowest BCUT2D eigenvalue weighted by atomic mass is 10.1. The average Bonchev–Trinajstić information content (AvgIpc) is 3.25. The fourth-order valence-corrected chi connectivity index (χ4v) is 3.34. The Kier molecular flexibility index (Phi) is 5.18. The number of rotatable bonds is 6. The predicted octanol–water partition coefficient (Wildman–Crippen LogP) is 3.86. The normalized spacial score (nSPS) is 18.0. The number of aromatic nitrogens is 1. The molecule has 1 saturated heterocycles. The number of hydrogen-bond donors (Lipinski definition) is 1. The Bertz CT molecular complexity index is 701. The number of methoxy groups -OCH3 is 2. The molecule has 0 spiro atoms. The van der Waals surface area contributed by atoms with Gasteiger partial charge in [0.1, 0.15) is 0 Å². The zero-order valence-electron chi connectivity index (χ0n) is 15.3. The van der Waals surface area contributed by atoms with Gasteiger partial charge in [0.05, 0.1) is 26.0 Å². The van der Waals surface area contributed by atoms with Crippen LogP contribution >= 0.6 is 0 Å². The van der Waals surface area contributed by atoms with Gasteiger partial charge in [-0.3, -0.25) is 4.90 Å². The van der Waals surface area contributed by atoms with E-state index in [2.05, 4.69) is 30.0 Å². The number of phenolic OH excluding ortho intramolecular Hbond substituents is 1. The molecule has 1 fully saturated rings. The zero-order valence-corrected chi connectivity index (χ0v) is 15.3. The van der Waals surface area contributed by atoms with Crippen molar-refractivity contribution >= 4 is 0 Å². The van der Waals surface area contributed by atoms with Crippen LogP contribution in [0.15, 0.2) is 22.7 Å². The summed E-state index contributed by atoms with van der Waals surface area (Å²) in [5, 5.41) is 14.3. The first-order valence-electron chi connectivity index (χ1n) is 8.68. The van der Waals surface area contributed by atoms with Crippen molar-refractivity contribution in [2.45, 2.75) is 45.2 Å². The molecule has 0 amide bonds. The molecular weight excluding hydrogens is 320 g/mol. The second kappa shape index (κ2) is 7.35. The summed E-state index contributed by atoms with van der Waals surface area (Å²) in [5.41, 5.74) is 2.02. The molecule has 25 heavy (non-hydrogen) atoms. The summed E-state index contributed by atoms with van der Waals surface area (Å²) >= 11 is 0. The lowest BCUT2D eigenvalue weighted by Gasteiger charge is -2.23. The lowest BCUT2D eigenvalue weighted by molar-refractivity contribution is 0.205. The van der Waals surface area contributed by atoms with Gasteiger partial charge >= 0.3 is 0 Å². The predicted molar refractivity (Wildman–Crippen MR) is 94.2 cm³/mol. The van der Waals surface area contributed by atoms with E-state index in [-0.39, 0.29) is 11.8 Å². The highest BCUT2D eigenvalue weighted by molar-refractivity contribution is 5.52. The van der Waals surface area contributed by atoms with E-state index < -0.39 is 0 Å². The van der Waals surface area contributed by atoms with E-state index in [9.17, 15) is 5.11 Å². The number of aromatic hydroxyl groups is 1. The fraction of sp³-hybridized carbons (Fsp3) is 0.526. The standard InChI is InChI=1S/C19H26N2O4/c1-12(2)14-10-16(25-20-14)15-6-5-7-21(15)11-13-8-17(23-3)19(22)18(9-13)24-4/h8-10,12,15,22H,5-7,11H2,1-4H3. The Balaban J connectivity index is 1.81. The largest absolute Gasteiger partial charge is 0.502 e. The second-order valence-electron chi connectivity index (χ2n) is 6.79. The van der Waals surface area contributed by atoms with E-state index >= 15 is 0 Å². The van der Waals surface area contributed by atoms with Crippen LogP contribution in [0.5, 0.6) is 17.2 Å². The van der Waals surface area contributed by atoms with Crippen molar-refractivity contribution in [2.24, 2.45) is 0 Å². The first-order valence-corrected chi connectivity index (χ1v) is 8.68. The highest BCUT2D eigenvalue weighted by Gasteiger charge is 2.30. The third kappa shape index (κ3) is 3.58. The number of nitrogens with zero attached hydrogens (tertiary/aromatic N) is 2. The smallest absolute Gasteiger partial charge is 0.200 e. The molecule has 1 aliphatic rings. The van der Waals surface area contributed by atoms with Crippen molar-refractivity contribution in [1.82, 2.24) is 10.1 Å². The summed E-state index contributed by atoms with van der Waals surface area (Å²) in [5.74, 6) is 2.17. The highest BCUT2D eigenvalue weighted by Crippen LogP contribution is 2.39. The van der Waals surface area contributed by atoms with Crippen LogP contribution in [0, 0.1) is 0 Å². The summed E-state index contributed by atoms with van der Waals surface area (Å²) < 4.78 is 16.1. The van der Waals surface area contributed by atoms with Crippen LogP contribution in [0.4, 0.5) is 0 Å². The molecule has 0 radical (unpaired) electrons. The molecule has 136 valence electrons. The minimum absolute atomic E-state index is 0.0310. The van der Waals surface area contributed by atoms with E-state index in [1.807, 2.05) is 12.1 Å². The molecule has 1 unspecified atom stereocenters. The van der Waals surface area contributed by atoms with Crippen LogP contribution in [0.2, 0.25) is 0 Å². The number of ether oxygens (including phenoxy) is 2. The zero-order chi connectivity index (χ0) is 18.0. The van der Waals surface area contributed by atoms with Crippen LogP contribution in [0.25, 0.3) is 0 Å². The third-order valence-electron chi connectivity index (χ3n) is 4.76. The number of likely N-dealkylation sites (tertiary alicyclic amines) is 1. The van der Waals surface area contributed by atoms with Gasteiger partial charge in [-0.1, -0.05) is 19.0 Å². The Labute approximate surface area is 148 Å². The van der Waals surface area contributed by atoms with Crippen molar-refractivity contribution < 1.29 is 19.1 Å². The van der Waals surface area contributed by atoms with E-state index in [0.717, 1.165) is 42.9 Å². The fourth-order valence-electron chi connectivity index (χ4n) is 3.34. The van der Waals surface area contributed by atoms with Crippen LogP contribution < -0.4 is 9.47 Å². The molecule has 1 N–H and O–H groups in total. The number of phenols is 1. The molecule has 0 bridgehead atoms. The van der Waals surface area contributed by atoms with E-state index in [1.165, 1.54) is 0 Å². The number of hydrogen-bond acceptors (Lipinski definition) is 6. The minimum atomic E-state index is 0.0310. The molecule has 1 aromatic carbocycles. The van der Waals surface area contributed by atoms with Crippen LogP contribution in [-0.2, 0) is 6.54 Å². The summed E-state index contributed by atoms with van der Waals surface area (Å²) in [6.07, 6.45) is 2.17. The molecule has 6 nitrogen and oxygen atoms in total. The van der Waals surface area contributed by atoms with Gasteiger partial charge in [0.2, 0.25) is 5.75 Å². The van der Waals surface area contributed by atoms with Gasteiger partial charge in [0, 0.05) is 12.6 Å². The van der Waals surface area contributed by atoms with Crippen molar-refractivity contribution in [3.8, 4) is 17.2 Å². The van der Waals surface area contributed by atoms with Crippen molar-refractivity contribution in [3.63, 3.8) is 0 Å². The van der Waals surface area contributed by atoms with Gasteiger partial charge in [-0.2, -0.15) is 0 Å². The van der Waals surface area contributed by atoms with Gasteiger partial charge in [-0.25, -0.2) is 0 Å². The molecule has 1 atom stereocenters. The Hall–Kier alpha value is -2.21. The maximum atomic E-state index is 10.1. The van der Waals surface area contributed by atoms with Gasteiger partial charge < -0.3 is 19.1 Å². The summed E-state index contributed by atoms with van der Waals surface area (Å²) in [4.78, 5) is 2.37. The van der Waals surface area contributed by atoms with E-state index in [1.54, 1.807) is 14.2 Å². The monoisotopic (exact) mass is 346 g/mol. The van der Waals surface area contributed by atoms with Crippen molar-refractivity contribution in [2.75, 3.05) is 20.8 Å². The first kappa shape index (κ1) is 17.6. The van der Waals surface area contributed by atoms with Gasteiger partial charge in [-0.15, -0.1) is 0 Å². The third-order valence-corrected chi connectivity index (χ3v) is 4.76. The van der Waals surface area contributed by atoms with Crippen LogP contribution in [0.3, 0.4) is 0 Å². The van der Waals surface area contributed by atoms with Gasteiger partial charge in [0.15, 0.2) is 17.3 Å². The summed E-state index contributed by atoms with van der Waals surface area (Å²) in [7, 11) is 3.08. The molecular formula is C19H26N2O4. The second-order valence-corrected chi connectivity index (χ2v) is 6.79. The summed E-state index contributed by atoms with van der Waals surface area (Å²) in [6.45, 7) is 5.95. The van der Waals surface area contributed by atoms with Crippen LogP contribution in [-0.4, -0.2) is 35.9 Å².